The van der Waals surface area contributed by atoms with Crippen LogP contribution < -0.4 is 0 Å². The van der Waals surface area contributed by atoms with E-state index in [1.165, 1.54) is 0 Å². The van der Waals surface area contributed by atoms with Crippen LogP contribution in [0.1, 0.15) is 40.6 Å². The summed E-state index contributed by atoms with van der Waals surface area (Å²) in [5.41, 5.74) is 1.84. The number of aliphatic hydroxyl groups excluding tert-OH is 1. The Bertz CT molecular complexity index is 709. The van der Waals surface area contributed by atoms with Gasteiger partial charge in [0.1, 0.15) is 11.8 Å². The number of likely N-dealkylation sites (tertiary alicyclic amines) is 1. The van der Waals surface area contributed by atoms with Gasteiger partial charge in [-0.25, -0.2) is 0 Å². The first-order valence-electron chi connectivity index (χ1n) is 7.80. The van der Waals surface area contributed by atoms with Crippen molar-refractivity contribution in [1.29, 1.82) is 5.26 Å². The van der Waals surface area contributed by atoms with Gasteiger partial charge in [0.05, 0.1) is 11.7 Å². The van der Waals surface area contributed by atoms with Crippen molar-refractivity contribution < 1.29 is 9.90 Å². The van der Waals surface area contributed by atoms with Crippen molar-refractivity contribution in [3.05, 3.63) is 59.4 Å². The lowest BCUT2D eigenvalue weighted by atomic mass is 9.87. The molecule has 3 rings (SSSR count). The molecule has 1 aliphatic rings. The Morgan fingerprint density at radius 1 is 1.30 bits per heavy atom. The number of rotatable bonds is 3. The number of hydrogen-bond acceptors (Lipinski definition) is 3. The lowest BCUT2D eigenvalue weighted by Crippen LogP contribution is -2.39. The fraction of sp³-hybridized carbons (Fsp3) is 0.333. The van der Waals surface area contributed by atoms with E-state index in [2.05, 4.69) is 4.98 Å². The summed E-state index contributed by atoms with van der Waals surface area (Å²) in [4.78, 5) is 17.0. The van der Waals surface area contributed by atoms with Crippen LogP contribution in [0.4, 0.5) is 0 Å². The highest BCUT2D eigenvalue weighted by Crippen LogP contribution is 2.30. The third-order valence-electron chi connectivity index (χ3n) is 4.46. The molecule has 23 heavy (non-hydrogen) atoms. The van der Waals surface area contributed by atoms with E-state index >= 15 is 0 Å². The number of aromatic amines is 1. The Kier molecular flexibility index (Phi) is 4.45. The van der Waals surface area contributed by atoms with Crippen LogP contribution in [0.15, 0.2) is 42.6 Å². The van der Waals surface area contributed by atoms with E-state index < -0.39 is 6.10 Å². The van der Waals surface area contributed by atoms with Crippen LogP contribution >= 0.6 is 0 Å². The molecular formula is C18H19N3O2. The van der Waals surface area contributed by atoms with Crippen molar-refractivity contribution in [2.75, 3.05) is 13.1 Å². The van der Waals surface area contributed by atoms with Gasteiger partial charge < -0.3 is 15.0 Å². The third kappa shape index (κ3) is 3.27. The summed E-state index contributed by atoms with van der Waals surface area (Å²) in [5.74, 6) is 0.0823. The Balaban J connectivity index is 1.60. The molecule has 1 aromatic carbocycles. The topological polar surface area (TPSA) is 80.1 Å². The molecule has 1 aromatic heterocycles. The summed E-state index contributed by atoms with van der Waals surface area (Å²) in [6.45, 7) is 1.24. The number of nitrogens with one attached hydrogen (secondary N) is 1. The van der Waals surface area contributed by atoms with E-state index in [4.69, 9.17) is 5.26 Å². The molecule has 0 spiro atoms. The Labute approximate surface area is 135 Å². The van der Waals surface area contributed by atoms with E-state index in [1.54, 1.807) is 17.2 Å². The molecule has 5 heteroatoms. The second-order valence-corrected chi connectivity index (χ2v) is 5.90. The van der Waals surface area contributed by atoms with Gasteiger partial charge in [0.15, 0.2) is 0 Å². The van der Waals surface area contributed by atoms with Crippen LogP contribution in [-0.2, 0) is 0 Å². The van der Waals surface area contributed by atoms with Gasteiger partial charge in [0.2, 0.25) is 0 Å². The average Bonchev–Trinajstić information content (AvgIpc) is 3.10. The highest BCUT2D eigenvalue weighted by molar-refractivity contribution is 5.92. The van der Waals surface area contributed by atoms with Gasteiger partial charge in [0, 0.05) is 19.3 Å². The number of benzene rings is 1. The molecule has 0 saturated carbocycles. The van der Waals surface area contributed by atoms with Crippen LogP contribution in [-0.4, -0.2) is 34.0 Å². The predicted molar refractivity (Wildman–Crippen MR) is 85.5 cm³/mol. The molecule has 2 N–H and O–H groups in total. The number of nitriles is 1. The number of hydrogen-bond donors (Lipinski definition) is 2. The summed E-state index contributed by atoms with van der Waals surface area (Å²) >= 11 is 0. The third-order valence-corrected chi connectivity index (χ3v) is 4.46. The van der Waals surface area contributed by atoms with Crippen LogP contribution in [0.25, 0.3) is 0 Å². The molecule has 1 amide bonds. The molecule has 1 unspecified atom stereocenters. The second-order valence-electron chi connectivity index (χ2n) is 5.90. The maximum absolute atomic E-state index is 12.4. The summed E-state index contributed by atoms with van der Waals surface area (Å²) < 4.78 is 0. The average molecular weight is 309 g/mol. The van der Waals surface area contributed by atoms with Crippen molar-refractivity contribution in [2.45, 2.75) is 18.9 Å². The Morgan fingerprint density at radius 3 is 2.61 bits per heavy atom. The molecule has 2 heterocycles. The summed E-state index contributed by atoms with van der Waals surface area (Å²) in [6.07, 6.45) is 2.60. The fourth-order valence-corrected chi connectivity index (χ4v) is 3.09. The maximum Gasteiger partial charge on any atom is 0.270 e. The van der Waals surface area contributed by atoms with E-state index in [0.717, 1.165) is 18.4 Å². The quantitative estimate of drug-likeness (QED) is 0.914. The number of carbonyl (C=O) groups excluding carboxylic acids is 1. The molecular weight excluding hydrogens is 290 g/mol. The molecule has 2 aromatic rings. The predicted octanol–water partition coefficient (Wildman–Crippen LogP) is 2.47. The standard InChI is InChI=1S/C18H19N3O2/c19-11-13-10-16(20-12-13)18(23)21-8-6-15(7-9-21)17(22)14-4-2-1-3-5-14/h1-5,10,12,15,17,20,22H,6-9H2. The monoisotopic (exact) mass is 309 g/mol. The lowest BCUT2D eigenvalue weighted by Gasteiger charge is -2.34. The summed E-state index contributed by atoms with van der Waals surface area (Å²) in [6, 6.07) is 13.2. The normalized spacial score (nSPS) is 16.8. The van der Waals surface area contributed by atoms with Gasteiger partial charge in [-0.15, -0.1) is 0 Å². The zero-order valence-electron chi connectivity index (χ0n) is 12.8. The molecule has 0 radical (unpaired) electrons. The van der Waals surface area contributed by atoms with Crippen molar-refractivity contribution >= 4 is 5.91 Å². The van der Waals surface area contributed by atoms with Crippen molar-refractivity contribution in [3.63, 3.8) is 0 Å². The molecule has 5 nitrogen and oxygen atoms in total. The van der Waals surface area contributed by atoms with Gasteiger partial charge in [-0.1, -0.05) is 30.3 Å². The number of piperidine rings is 1. The minimum atomic E-state index is -0.482. The largest absolute Gasteiger partial charge is 0.388 e. The molecule has 1 aliphatic heterocycles. The molecule has 118 valence electrons. The van der Waals surface area contributed by atoms with Gasteiger partial charge >= 0.3 is 0 Å². The maximum atomic E-state index is 12.4. The van der Waals surface area contributed by atoms with Crippen LogP contribution in [0.5, 0.6) is 0 Å². The van der Waals surface area contributed by atoms with Crippen LogP contribution in [0.2, 0.25) is 0 Å². The molecule has 1 saturated heterocycles. The van der Waals surface area contributed by atoms with Gasteiger partial charge in [-0.2, -0.15) is 5.26 Å². The van der Waals surface area contributed by atoms with E-state index in [0.29, 0.717) is 24.3 Å². The van der Waals surface area contributed by atoms with Crippen LogP contribution in [0.3, 0.4) is 0 Å². The summed E-state index contributed by atoms with van der Waals surface area (Å²) in [5, 5.41) is 19.3. The van der Waals surface area contributed by atoms with Crippen molar-refractivity contribution in [2.24, 2.45) is 5.92 Å². The second kappa shape index (κ2) is 6.67. The number of nitrogens with zero attached hydrogens (tertiary/aromatic N) is 2. The Morgan fingerprint density at radius 2 is 2.00 bits per heavy atom. The van der Waals surface area contributed by atoms with E-state index in [1.807, 2.05) is 36.4 Å². The SMILES string of the molecule is N#Cc1c[nH]c(C(=O)N2CCC(C(O)c3ccccc3)CC2)c1. The highest BCUT2D eigenvalue weighted by Gasteiger charge is 2.29. The summed E-state index contributed by atoms with van der Waals surface area (Å²) in [7, 11) is 0. The molecule has 1 atom stereocenters. The van der Waals surface area contributed by atoms with E-state index in [9.17, 15) is 9.90 Å². The fourth-order valence-electron chi connectivity index (χ4n) is 3.09. The minimum Gasteiger partial charge on any atom is -0.388 e. The first kappa shape index (κ1) is 15.3. The number of aliphatic hydroxyl groups is 1. The van der Waals surface area contributed by atoms with Gasteiger partial charge in [0.25, 0.3) is 5.91 Å². The number of amides is 1. The first-order valence-corrected chi connectivity index (χ1v) is 7.80. The van der Waals surface area contributed by atoms with E-state index in [-0.39, 0.29) is 11.8 Å². The van der Waals surface area contributed by atoms with Gasteiger partial charge in [-0.05, 0) is 30.4 Å². The molecule has 0 bridgehead atoms. The van der Waals surface area contributed by atoms with Crippen LogP contribution in [0, 0.1) is 17.2 Å². The Hall–Kier alpha value is -2.58. The van der Waals surface area contributed by atoms with Crippen molar-refractivity contribution in [3.8, 4) is 6.07 Å². The van der Waals surface area contributed by atoms with Crippen molar-refractivity contribution in [1.82, 2.24) is 9.88 Å². The lowest BCUT2D eigenvalue weighted by molar-refractivity contribution is 0.0459. The zero-order valence-corrected chi connectivity index (χ0v) is 12.8. The first-order chi connectivity index (χ1) is 11.2. The smallest absolute Gasteiger partial charge is 0.270 e. The van der Waals surface area contributed by atoms with Gasteiger partial charge in [-0.3, -0.25) is 4.79 Å². The number of carbonyl (C=O) groups is 1. The molecule has 0 aliphatic carbocycles. The molecule has 1 fully saturated rings. The minimum absolute atomic E-state index is 0.0841. The zero-order chi connectivity index (χ0) is 16.2. The number of aromatic nitrogens is 1. The highest BCUT2D eigenvalue weighted by atomic mass is 16.3. The number of H-pyrrole nitrogens is 1.